The summed E-state index contributed by atoms with van der Waals surface area (Å²) < 4.78 is 5.39. The van der Waals surface area contributed by atoms with E-state index in [2.05, 4.69) is 25.1 Å². The molecule has 2 heteroatoms. The fourth-order valence-electron chi connectivity index (χ4n) is 2.90. The van der Waals surface area contributed by atoms with E-state index >= 15 is 0 Å². The van der Waals surface area contributed by atoms with Crippen molar-refractivity contribution in [2.24, 2.45) is 5.73 Å². The standard InChI is InChI=1S/C14H19NO/c1-10(15)14(8-16-9-14)13-6-5-11-3-2-4-12(11)7-13/h5-7,10H,2-4,8-9,15H2,1H3. The molecule has 0 spiro atoms. The van der Waals surface area contributed by atoms with Crippen molar-refractivity contribution < 1.29 is 4.74 Å². The molecule has 1 unspecified atom stereocenters. The Labute approximate surface area is 96.8 Å². The van der Waals surface area contributed by atoms with Gasteiger partial charge in [0, 0.05) is 6.04 Å². The molecule has 3 rings (SSSR count). The first-order valence-electron chi connectivity index (χ1n) is 6.18. The van der Waals surface area contributed by atoms with Gasteiger partial charge in [-0.3, -0.25) is 0 Å². The summed E-state index contributed by atoms with van der Waals surface area (Å²) in [5, 5.41) is 0. The molecule has 2 aliphatic rings. The second-order valence-corrected chi connectivity index (χ2v) is 5.27. The van der Waals surface area contributed by atoms with Crippen molar-refractivity contribution in [1.82, 2.24) is 0 Å². The minimum absolute atomic E-state index is 0.0810. The predicted molar refractivity (Wildman–Crippen MR) is 64.6 cm³/mol. The van der Waals surface area contributed by atoms with Crippen LogP contribution in [0.3, 0.4) is 0 Å². The van der Waals surface area contributed by atoms with Crippen molar-refractivity contribution >= 4 is 0 Å². The molecule has 1 heterocycles. The SMILES string of the molecule is CC(N)C1(c2ccc3c(c2)CCC3)COC1. The maximum absolute atomic E-state index is 6.13. The van der Waals surface area contributed by atoms with Crippen LogP contribution in [0.25, 0.3) is 0 Å². The number of aryl methyl sites for hydroxylation is 2. The number of benzene rings is 1. The van der Waals surface area contributed by atoms with Gasteiger partial charge in [0.25, 0.3) is 0 Å². The van der Waals surface area contributed by atoms with E-state index in [1.54, 1.807) is 0 Å². The molecule has 2 N–H and O–H groups in total. The fourth-order valence-corrected chi connectivity index (χ4v) is 2.90. The van der Waals surface area contributed by atoms with Crippen LogP contribution in [-0.2, 0) is 23.0 Å². The average Bonchev–Trinajstić information content (AvgIpc) is 2.62. The van der Waals surface area contributed by atoms with Crippen molar-refractivity contribution in [3.8, 4) is 0 Å². The van der Waals surface area contributed by atoms with Gasteiger partial charge in [-0.15, -0.1) is 0 Å². The number of nitrogens with two attached hydrogens (primary N) is 1. The topological polar surface area (TPSA) is 35.2 Å². The van der Waals surface area contributed by atoms with Gasteiger partial charge in [0.15, 0.2) is 0 Å². The molecule has 1 aliphatic carbocycles. The monoisotopic (exact) mass is 217 g/mol. The van der Waals surface area contributed by atoms with E-state index in [4.69, 9.17) is 10.5 Å². The Morgan fingerprint density at radius 2 is 2.00 bits per heavy atom. The van der Waals surface area contributed by atoms with Crippen molar-refractivity contribution in [3.05, 3.63) is 34.9 Å². The van der Waals surface area contributed by atoms with Crippen molar-refractivity contribution in [2.45, 2.75) is 37.6 Å². The zero-order valence-corrected chi connectivity index (χ0v) is 9.83. The van der Waals surface area contributed by atoms with Gasteiger partial charge in [-0.1, -0.05) is 18.2 Å². The molecule has 1 saturated heterocycles. The first-order valence-corrected chi connectivity index (χ1v) is 6.18. The molecule has 1 aromatic rings. The predicted octanol–water partition coefficient (Wildman–Crippen LogP) is 1.79. The van der Waals surface area contributed by atoms with Gasteiger partial charge in [-0.25, -0.2) is 0 Å². The molecule has 0 aromatic heterocycles. The Balaban J connectivity index is 2.00. The van der Waals surface area contributed by atoms with Crippen molar-refractivity contribution in [3.63, 3.8) is 0 Å². The Kier molecular flexibility index (Phi) is 2.30. The Morgan fingerprint density at radius 1 is 1.25 bits per heavy atom. The molecule has 0 radical (unpaired) electrons. The van der Waals surface area contributed by atoms with E-state index in [1.807, 2.05) is 0 Å². The molecule has 1 aromatic carbocycles. The number of rotatable bonds is 2. The van der Waals surface area contributed by atoms with E-state index in [0.29, 0.717) is 0 Å². The number of hydrogen-bond acceptors (Lipinski definition) is 2. The maximum atomic E-state index is 6.13. The first kappa shape index (κ1) is 10.3. The van der Waals surface area contributed by atoms with Gasteiger partial charge >= 0.3 is 0 Å². The summed E-state index contributed by atoms with van der Waals surface area (Å²) in [5.41, 5.74) is 10.7. The number of hydrogen-bond donors (Lipinski definition) is 1. The molecule has 0 amide bonds. The van der Waals surface area contributed by atoms with Crippen LogP contribution in [-0.4, -0.2) is 19.3 Å². The smallest absolute Gasteiger partial charge is 0.0600 e. The van der Waals surface area contributed by atoms with Crippen molar-refractivity contribution in [2.75, 3.05) is 13.2 Å². The summed E-state index contributed by atoms with van der Waals surface area (Å²) in [7, 11) is 0. The Morgan fingerprint density at radius 3 is 2.62 bits per heavy atom. The zero-order chi connectivity index (χ0) is 11.2. The fraction of sp³-hybridized carbons (Fsp3) is 0.571. The largest absolute Gasteiger partial charge is 0.379 e. The second-order valence-electron chi connectivity index (χ2n) is 5.27. The van der Waals surface area contributed by atoms with Crippen LogP contribution in [0, 0.1) is 0 Å². The van der Waals surface area contributed by atoms with Crippen LogP contribution in [0.5, 0.6) is 0 Å². The minimum Gasteiger partial charge on any atom is -0.379 e. The lowest BCUT2D eigenvalue weighted by Gasteiger charge is -2.45. The highest BCUT2D eigenvalue weighted by atomic mass is 16.5. The second kappa shape index (κ2) is 3.57. The third-order valence-electron chi connectivity index (χ3n) is 4.26. The first-order chi connectivity index (χ1) is 7.72. The van der Waals surface area contributed by atoms with Gasteiger partial charge in [-0.05, 0) is 42.9 Å². The summed E-state index contributed by atoms with van der Waals surface area (Å²) in [6.07, 6.45) is 3.79. The molecular weight excluding hydrogens is 198 g/mol. The third kappa shape index (κ3) is 1.33. The van der Waals surface area contributed by atoms with Crippen LogP contribution >= 0.6 is 0 Å². The molecule has 86 valence electrons. The summed E-state index contributed by atoms with van der Waals surface area (Å²) >= 11 is 0. The normalized spacial score (nSPS) is 23.6. The molecule has 1 fully saturated rings. The lowest BCUT2D eigenvalue weighted by atomic mass is 9.73. The number of ether oxygens (including phenoxy) is 1. The third-order valence-corrected chi connectivity index (χ3v) is 4.26. The van der Waals surface area contributed by atoms with Crippen LogP contribution in [0.15, 0.2) is 18.2 Å². The molecule has 1 atom stereocenters. The Hall–Kier alpha value is -0.860. The Bertz CT molecular complexity index is 407. The van der Waals surface area contributed by atoms with E-state index in [9.17, 15) is 0 Å². The zero-order valence-electron chi connectivity index (χ0n) is 9.83. The van der Waals surface area contributed by atoms with Gasteiger partial charge < -0.3 is 10.5 Å². The van der Waals surface area contributed by atoms with E-state index in [-0.39, 0.29) is 11.5 Å². The molecule has 16 heavy (non-hydrogen) atoms. The quantitative estimate of drug-likeness (QED) is 0.819. The molecule has 0 saturated carbocycles. The number of fused-ring (bicyclic) bond motifs is 1. The van der Waals surface area contributed by atoms with Crippen molar-refractivity contribution in [1.29, 1.82) is 0 Å². The van der Waals surface area contributed by atoms with Gasteiger partial charge in [0.05, 0.1) is 18.6 Å². The lowest BCUT2D eigenvalue weighted by Crippen LogP contribution is -2.57. The van der Waals surface area contributed by atoms with Gasteiger partial charge in [-0.2, -0.15) is 0 Å². The highest BCUT2D eigenvalue weighted by Crippen LogP contribution is 2.37. The lowest BCUT2D eigenvalue weighted by molar-refractivity contribution is -0.0701. The maximum Gasteiger partial charge on any atom is 0.0600 e. The van der Waals surface area contributed by atoms with E-state index in [1.165, 1.54) is 36.0 Å². The average molecular weight is 217 g/mol. The van der Waals surface area contributed by atoms with Crippen LogP contribution in [0.1, 0.15) is 30.0 Å². The molecule has 1 aliphatic heterocycles. The minimum atomic E-state index is 0.0810. The molecule has 2 nitrogen and oxygen atoms in total. The highest BCUT2D eigenvalue weighted by molar-refractivity contribution is 5.40. The summed E-state index contributed by atoms with van der Waals surface area (Å²) in [5.74, 6) is 0. The van der Waals surface area contributed by atoms with E-state index < -0.39 is 0 Å². The van der Waals surface area contributed by atoms with E-state index in [0.717, 1.165) is 13.2 Å². The van der Waals surface area contributed by atoms with Crippen LogP contribution < -0.4 is 5.73 Å². The van der Waals surface area contributed by atoms with Crippen LogP contribution in [0.4, 0.5) is 0 Å². The molecular formula is C14H19NO. The summed E-state index contributed by atoms with van der Waals surface area (Å²) in [6, 6.07) is 7.09. The van der Waals surface area contributed by atoms with Gasteiger partial charge in [0.2, 0.25) is 0 Å². The molecule has 0 bridgehead atoms. The highest BCUT2D eigenvalue weighted by Gasteiger charge is 2.43. The summed E-state index contributed by atoms with van der Waals surface area (Å²) in [6.45, 7) is 3.66. The van der Waals surface area contributed by atoms with Crippen LogP contribution in [0.2, 0.25) is 0 Å². The van der Waals surface area contributed by atoms with Gasteiger partial charge in [0.1, 0.15) is 0 Å². The summed E-state index contributed by atoms with van der Waals surface area (Å²) in [4.78, 5) is 0.